The number of esters is 1. The van der Waals surface area contributed by atoms with Crippen LogP contribution in [0.5, 0.6) is 0 Å². The van der Waals surface area contributed by atoms with Gasteiger partial charge in [-0.15, -0.1) is 0 Å². The molecule has 0 saturated carbocycles. The van der Waals surface area contributed by atoms with Gasteiger partial charge in [0, 0.05) is 11.6 Å². The lowest BCUT2D eigenvalue weighted by Crippen LogP contribution is -2.19. The van der Waals surface area contributed by atoms with Crippen molar-refractivity contribution in [1.82, 2.24) is 5.32 Å². The van der Waals surface area contributed by atoms with Crippen molar-refractivity contribution in [2.24, 2.45) is 4.99 Å². The SMILES string of the molecule is CCCCOC(=O)c1ccc(-c2ccc(/C=C3/SC(=Nc4ccccc4)NC3=O)o2)cc1. The second-order valence-corrected chi connectivity index (χ2v) is 8.12. The van der Waals surface area contributed by atoms with Crippen LogP contribution in [0.1, 0.15) is 35.9 Å². The first kappa shape index (κ1) is 21.6. The zero-order valence-electron chi connectivity index (χ0n) is 17.5. The lowest BCUT2D eigenvalue weighted by atomic mass is 10.1. The number of carbonyl (C=O) groups is 2. The molecule has 6 nitrogen and oxygen atoms in total. The number of amides is 1. The van der Waals surface area contributed by atoms with Gasteiger partial charge in [-0.2, -0.15) is 0 Å². The summed E-state index contributed by atoms with van der Waals surface area (Å²) in [5, 5.41) is 3.29. The van der Waals surface area contributed by atoms with Crippen molar-refractivity contribution < 1.29 is 18.7 Å². The predicted molar refractivity (Wildman–Crippen MR) is 127 cm³/mol. The van der Waals surface area contributed by atoms with Crippen molar-refractivity contribution in [2.75, 3.05) is 6.61 Å². The van der Waals surface area contributed by atoms with Crippen molar-refractivity contribution in [1.29, 1.82) is 0 Å². The molecule has 1 amide bonds. The number of hydrogen-bond acceptors (Lipinski definition) is 6. The van der Waals surface area contributed by atoms with Gasteiger partial charge in [0.15, 0.2) is 5.17 Å². The van der Waals surface area contributed by atoms with Crippen molar-refractivity contribution in [3.05, 3.63) is 83.0 Å². The smallest absolute Gasteiger partial charge is 0.338 e. The van der Waals surface area contributed by atoms with Crippen LogP contribution < -0.4 is 5.32 Å². The summed E-state index contributed by atoms with van der Waals surface area (Å²) in [5.41, 5.74) is 2.10. The highest BCUT2D eigenvalue weighted by atomic mass is 32.2. The summed E-state index contributed by atoms with van der Waals surface area (Å²) >= 11 is 1.27. The van der Waals surface area contributed by atoms with Crippen LogP contribution in [0.3, 0.4) is 0 Å². The van der Waals surface area contributed by atoms with E-state index in [2.05, 4.69) is 10.3 Å². The van der Waals surface area contributed by atoms with Gasteiger partial charge in [0.1, 0.15) is 11.5 Å². The molecule has 162 valence electrons. The molecule has 0 bridgehead atoms. The number of unbranched alkanes of at least 4 members (excludes halogenated alkanes) is 1. The highest BCUT2D eigenvalue weighted by molar-refractivity contribution is 8.18. The monoisotopic (exact) mass is 446 g/mol. The van der Waals surface area contributed by atoms with Gasteiger partial charge in [0.05, 0.1) is 22.8 Å². The van der Waals surface area contributed by atoms with E-state index in [1.54, 1.807) is 24.3 Å². The molecule has 0 unspecified atom stereocenters. The molecule has 32 heavy (non-hydrogen) atoms. The maximum absolute atomic E-state index is 12.3. The molecule has 1 fully saturated rings. The van der Waals surface area contributed by atoms with Crippen LogP contribution in [-0.2, 0) is 9.53 Å². The molecule has 1 aromatic heterocycles. The summed E-state index contributed by atoms with van der Waals surface area (Å²) in [4.78, 5) is 29.3. The highest BCUT2D eigenvalue weighted by Crippen LogP contribution is 2.30. The quantitative estimate of drug-likeness (QED) is 0.282. The first-order chi connectivity index (χ1) is 15.6. The van der Waals surface area contributed by atoms with E-state index in [4.69, 9.17) is 9.15 Å². The predicted octanol–water partition coefficient (Wildman–Crippen LogP) is 5.80. The minimum atomic E-state index is -0.327. The third-order valence-corrected chi connectivity index (χ3v) is 5.58. The number of ether oxygens (including phenoxy) is 1. The van der Waals surface area contributed by atoms with Gasteiger partial charge < -0.3 is 14.5 Å². The summed E-state index contributed by atoms with van der Waals surface area (Å²) in [6.45, 7) is 2.47. The number of thioether (sulfide) groups is 1. The average Bonchev–Trinajstić information content (AvgIpc) is 3.41. The summed E-state index contributed by atoms with van der Waals surface area (Å²) in [6, 6.07) is 20.1. The van der Waals surface area contributed by atoms with E-state index in [1.165, 1.54) is 11.8 Å². The van der Waals surface area contributed by atoms with Crippen molar-refractivity contribution in [3.8, 4) is 11.3 Å². The molecule has 0 spiro atoms. The molecule has 3 aromatic rings. The van der Waals surface area contributed by atoms with Crippen LogP contribution in [0.2, 0.25) is 0 Å². The van der Waals surface area contributed by atoms with Crippen LogP contribution in [-0.4, -0.2) is 23.7 Å². The molecule has 2 heterocycles. The molecule has 1 saturated heterocycles. The fourth-order valence-corrected chi connectivity index (χ4v) is 3.80. The van der Waals surface area contributed by atoms with Crippen molar-refractivity contribution in [2.45, 2.75) is 19.8 Å². The molecule has 7 heteroatoms. The molecule has 2 aromatic carbocycles. The van der Waals surface area contributed by atoms with E-state index < -0.39 is 0 Å². The standard InChI is InChI=1S/C25H22N2O4S/c1-2-3-15-30-24(29)18-11-9-17(10-12-18)21-14-13-20(31-21)16-22-23(28)27-25(32-22)26-19-7-5-4-6-8-19/h4-14,16H,2-3,15H2,1H3,(H,26,27,28)/b22-16+. The first-order valence-corrected chi connectivity index (χ1v) is 11.2. The van der Waals surface area contributed by atoms with Gasteiger partial charge in [0.25, 0.3) is 5.91 Å². The number of hydrogen-bond donors (Lipinski definition) is 1. The van der Waals surface area contributed by atoms with E-state index in [1.807, 2.05) is 55.5 Å². The zero-order chi connectivity index (χ0) is 22.3. The van der Waals surface area contributed by atoms with Gasteiger partial charge in [-0.1, -0.05) is 43.7 Å². The Morgan fingerprint density at radius 2 is 1.88 bits per heavy atom. The summed E-state index contributed by atoms with van der Waals surface area (Å²) in [6.07, 6.45) is 3.52. The van der Waals surface area contributed by atoms with Gasteiger partial charge in [-0.3, -0.25) is 4.79 Å². The number of nitrogens with one attached hydrogen (secondary N) is 1. The maximum Gasteiger partial charge on any atom is 0.338 e. The molecule has 1 aliphatic rings. The largest absolute Gasteiger partial charge is 0.462 e. The molecular formula is C25H22N2O4S. The number of benzene rings is 2. The Morgan fingerprint density at radius 1 is 1.09 bits per heavy atom. The van der Waals surface area contributed by atoms with Crippen LogP contribution in [0.15, 0.2) is 81.0 Å². The lowest BCUT2D eigenvalue weighted by Gasteiger charge is -2.04. The summed E-state index contributed by atoms with van der Waals surface area (Å²) in [5.74, 6) is 0.659. The van der Waals surface area contributed by atoms with Gasteiger partial charge in [0.2, 0.25) is 0 Å². The van der Waals surface area contributed by atoms with Crippen molar-refractivity contribution in [3.63, 3.8) is 0 Å². The van der Waals surface area contributed by atoms with E-state index in [-0.39, 0.29) is 11.9 Å². The average molecular weight is 447 g/mol. The topological polar surface area (TPSA) is 80.9 Å². The molecule has 0 atom stereocenters. The van der Waals surface area contributed by atoms with Gasteiger partial charge >= 0.3 is 5.97 Å². The minimum absolute atomic E-state index is 0.214. The molecule has 1 N–H and O–H groups in total. The molecular weight excluding hydrogens is 424 g/mol. The fraction of sp³-hybridized carbons (Fsp3) is 0.160. The van der Waals surface area contributed by atoms with E-state index in [0.717, 1.165) is 24.1 Å². The normalized spacial score (nSPS) is 15.8. The number of carbonyl (C=O) groups excluding carboxylic acids is 2. The lowest BCUT2D eigenvalue weighted by molar-refractivity contribution is -0.115. The van der Waals surface area contributed by atoms with Gasteiger partial charge in [-0.25, -0.2) is 9.79 Å². The first-order valence-electron chi connectivity index (χ1n) is 10.3. The van der Waals surface area contributed by atoms with Crippen LogP contribution >= 0.6 is 11.8 Å². The van der Waals surface area contributed by atoms with E-state index >= 15 is 0 Å². The maximum atomic E-state index is 12.3. The molecule has 0 radical (unpaired) electrons. The Morgan fingerprint density at radius 3 is 2.62 bits per heavy atom. The summed E-state index contributed by atoms with van der Waals surface area (Å²) < 4.78 is 11.1. The highest BCUT2D eigenvalue weighted by Gasteiger charge is 2.24. The van der Waals surface area contributed by atoms with Crippen LogP contribution in [0, 0.1) is 0 Å². The second kappa shape index (κ2) is 10.2. The Labute approximate surface area is 190 Å². The third kappa shape index (κ3) is 5.36. The van der Waals surface area contributed by atoms with Crippen LogP contribution in [0.25, 0.3) is 17.4 Å². The minimum Gasteiger partial charge on any atom is -0.462 e. The van der Waals surface area contributed by atoms with E-state index in [0.29, 0.717) is 33.8 Å². The molecule has 4 rings (SSSR count). The number of furan rings is 1. The summed E-state index contributed by atoms with van der Waals surface area (Å²) in [7, 11) is 0. The second-order valence-electron chi connectivity index (χ2n) is 7.09. The molecule has 1 aliphatic heterocycles. The Kier molecular flexibility index (Phi) is 6.87. The Bertz CT molecular complexity index is 1160. The third-order valence-electron chi connectivity index (χ3n) is 4.67. The van der Waals surface area contributed by atoms with E-state index in [9.17, 15) is 9.59 Å². The zero-order valence-corrected chi connectivity index (χ0v) is 18.4. The number of amidine groups is 1. The van der Waals surface area contributed by atoms with Gasteiger partial charge in [-0.05, 0) is 54.6 Å². The number of nitrogens with zero attached hydrogens (tertiary/aromatic N) is 1. The number of rotatable bonds is 7. The van der Waals surface area contributed by atoms with Crippen molar-refractivity contribution >= 4 is 40.6 Å². The molecule has 0 aliphatic carbocycles. The number of para-hydroxylation sites is 1. The van der Waals surface area contributed by atoms with Crippen LogP contribution in [0.4, 0.5) is 5.69 Å². The fourth-order valence-electron chi connectivity index (χ4n) is 2.98. The number of aliphatic imine (C=N–C) groups is 1. The Hall–Kier alpha value is -3.58. The Balaban J connectivity index is 1.43.